The van der Waals surface area contributed by atoms with Crippen molar-refractivity contribution in [2.24, 2.45) is 11.7 Å². The zero-order chi connectivity index (χ0) is 58.0. The molecule has 8 rings (SSSR count). The van der Waals surface area contributed by atoms with Crippen LogP contribution in [0.2, 0.25) is 0 Å². The Labute approximate surface area is 562 Å². The number of benzene rings is 5. The fourth-order valence-electron chi connectivity index (χ4n) is 5.58. The van der Waals surface area contributed by atoms with Crippen LogP contribution >= 0.6 is 74.5 Å². The van der Waals surface area contributed by atoms with Gasteiger partial charge in [0, 0.05) is 51.0 Å². The summed E-state index contributed by atoms with van der Waals surface area (Å²) >= 11 is 17.9. The van der Waals surface area contributed by atoms with Gasteiger partial charge in [0.25, 0.3) is 0 Å². The summed E-state index contributed by atoms with van der Waals surface area (Å²) in [7, 11) is 5.40. The van der Waals surface area contributed by atoms with E-state index in [-0.39, 0.29) is 121 Å². The Morgan fingerprint density at radius 3 is 1.57 bits per heavy atom. The van der Waals surface area contributed by atoms with Crippen LogP contribution in [0.4, 0.5) is 16.5 Å². The number of aromatic carboxylic acids is 1. The van der Waals surface area contributed by atoms with Crippen LogP contribution in [0.25, 0.3) is 30.6 Å². The number of rotatable bonds is 9. The van der Waals surface area contributed by atoms with Crippen molar-refractivity contribution < 1.29 is 139 Å². The number of carbonyl (C=O) groups is 5. The minimum Gasteiger partial charge on any atom is -0.870 e. The number of carboxylic acids is 1. The molecule has 31 heteroatoms. The van der Waals surface area contributed by atoms with E-state index in [9.17, 15) is 34.1 Å². The number of nitro groups is 1. The van der Waals surface area contributed by atoms with Gasteiger partial charge in [-0.3, -0.25) is 10.1 Å². The number of hydrogen-bond acceptors (Lipinski definition) is 23. The molecule has 0 unspecified atom stereocenters. The van der Waals surface area contributed by atoms with Crippen LogP contribution in [0.15, 0.2) is 114 Å². The van der Waals surface area contributed by atoms with Crippen molar-refractivity contribution in [3.63, 3.8) is 0 Å². The molecule has 22 nitrogen and oxygen atoms in total. The molecule has 80 heavy (non-hydrogen) atoms. The molecule has 0 bridgehead atoms. The van der Waals surface area contributed by atoms with Crippen LogP contribution in [0.1, 0.15) is 72.1 Å². The van der Waals surface area contributed by atoms with Crippen molar-refractivity contribution >= 4 is 169 Å². The number of halogens is 2. The molecule has 3 aromatic heterocycles. The third-order valence-corrected chi connectivity index (χ3v) is 11.7. The number of ether oxygens (including phenoxy) is 4. The molecule has 0 spiro atoms. The van der Waals surface area contributed by atoms with Gasteiger partial charge in [0.15, 0.2) is 10.2 Å². The number of methoxy groups -OCH3 is 4. The molecular weight excluding hydrogens is 1300 g/mol. The van der Waals surface area contributed by atoms with Gasteiger partial charge in [0.2, 0.25) is 6.54 Å². The number of nitrogens with zero attached hydrogens (tertiary/aromatic N) is 5. The minimum atomic E-state index is -0.898. The molecule has 5 aromatic carbocycles. The van der Waals surface area contributed by atoms with Crippen molar-refractivity contribution in [2.45, 2.75) is 20.3 Å². The fourth-order valence-corrected chi connectivity index (χ4v) is 8.12. The summed E-state index contributed by atoms with van der Waals surface area (Å²) in [6.45, 7) is 4.06. The third-order valence-electron chi connectivity index (χ3n) is 8.93. The zero-order valence-corrected chi connectivity index (χ0v) is 56.5. The van der Waals surface area contributed by atoms with E-state index < -0.39 is 11.9 Å². The van der Waals surface area contributed by atoms with Crippen molar-refractivity contribution in [2.75, 3.05) is 51.8 Å². The van der Waals surface area contributed by atoms with Crippen LogP contribution in [-0.4, -0.2) is 100 Å². The largest absolute Gasteiger partial charge is 1.00 e. The number of anilines is 3. The molecule has 0 atom stereocenters. The summed E-state index contributed by atoms with van der Waals surface area (Å²) in [4.78, 5) is 77.0. The molecular formula is C49H51Br2KN9NaO13S5. The van der Waals surface area contributed by atoms with E-state index in [1.807, 2.05) is 26.0 Å². The number of carboxylic acid groups (broad SMARTS) is 1. The second-order valence-corrected chi connectivity index (χ2v) is 17.9. The number of nitrogens with one attached hydrogen (secondary N) is 1. The smallest absolute Gasteiger partial charge is 0.870 e. The quantitative estimate of drug-likeness (QED) is 0.0149. The van der Waals surface area contributed by atoms with Crippen molar-refractivity contribution in [1.82, 2.24) is 15.0 Å². The Bertz CT molecular complexity index is 3260. The van der Waals surface area contributed by atoms with Gasteiger partial charge >= 0.3 is 111 Å². The van der Waals surface area contributed by atoms with Crippen molar-refractivity contribution in [3.05, 3.63) is 152 Å². The van der Waals surface area contributed by atoms with Crippen LogP contribution in [0.5, 0.6) is 0 Å². The molecule has 416 valence electrons. The van der Waals surface area contributed by atoms with E-state index in [2.05, 4.69) is 92.3 Å². The van der Waals surface area contributed by atoms with Gasteiger partial charge in [0.05, 0.1) is 97.9 Å². The van der Waals surface area contributed by atoms with Gasteiger partial charge in [-0.25, -0.2) is 44.2 Å². The van der Waals surface area contributed by atoms with Crippen molar-refractivity contribution in [1.29, 1.82) is 5.26 Å². The number of hydrogen-bond donors (Lipinski definition) is 5. The number of thiocyanates is 1. The maximum atomic E-state index is 11.4. The number of nitriles is 1. The van der Waals surface area contributed by atoms with Gasteiger partial charge in [0.1, 0.15) is 0 Å². The summed E-state index contributed by atoms with van der Waals surface area (Å²) < 4.78 is 20.8. The molecule has 8 aromatic rings. The summed E-state index contributed by atoms with van der Waals surface area (Å²) in [5, 5.41) is 30.3. The maximum absolute atomic E-state index is 11.4. The standard InChI is InChI=1S/C9H8N2O2S.C9H10N2O2S.C9H7NO2S.C8H5NO2S.C8H9NO2.C5H11NO2.CHNS.Br2.K.Na.H2O/c1-13-8(12)5-3-2-4-6-7(5)14-9(10)11-6;1-13-8(12)6-3-2-4-7(5-6)11-9(10)14;1-12-9(11)6-3-2-4-7-8(6)13-5-10-7;10-8(11)5-2-1-3-6-7(5)12-4-9-6;1-11-8(10)6-3-2-4-7(9)5-6;1-5(2)3-4-6(7)8;2-1-3;1-2;;;/h2-4H,1H3,(H2,10,11);2-5H,1H3,(H3,10,11,14);2-5H,1H3;1-4H,(H,10,11);2-5H,9H2,1H3;5H,3-4H2,1-2H3;3H;;;;1H2/q;;;;;;;;2*+1;/p-2. The van der Waals surface area contributed by atoms with Gasteiger partial charge in [-0.1, -0.05) is 60.9 Å². The molecule has 0 aliphatic rings. The molecule has 0 saturated heterocycles. The number of esters is 4. The van der Waals surface area contributed by atoms with Crippen LogP contribution in [0.3, 0.4) is 0 Å². The molecule has 0 saturated carbocycles. The summed E-state index contributed by atoms with van der Waals surface area (Å²) in [6, 6.07) is 29.2. The Morgan fingerprint density at radius 2 is 1.16 bits per heavy atom. The predicted molar refractivity (Wildman–Crippen MR) is 317 cm³/mol. The number of fused-ring (bicyclic) bond motifs is 3. The number of nitrogen functional groups attached to an aromatic ring is 2. The van der Waals surface area contributed by atoms with Crippen LogP contribution < -0.4 is 103 Å². The summed E-state index contributed by atoms with van der Waals surface area (Å²) in [5.74, 6) is -1.88. The first-order valence-corrected chi connectivity index (χ1v) is 28.5. The number of thiocarbonyl (C=S) groups is 1. The Balaban J connectivity index is -0.000000874. The Hall–Kier alpha value is -4.92. The number of carbonyl (C=O) groups excluding carboxylic acids is 4. The van der Waals surface area contributed by atoms with E-state index in [0.29, 0.717) is 56.7 Å². The Kier molecular flexibility index (Phi) is 44.3. The molecule has 0 fully saturated rings. The van der Waals surface area contributed by atoms with Gasteiger partial charge in [-0.2, -0.15) is 0 Å². The minimum absolute atomic E-state index is 0. The van der Waals surface area contributed by atoms with Crippen molar-refractivity contribution in [3.8, 4) is 5.40 Å². The first-order chi connectivity index (χ1) is 36.7. The average Bonchev–Trinajstić information content (AvgIpc) is 4.21. The van der Waals surface area contributed by atoms with E-state index in [1.165, 1.54) is 67.9 Å². The molecule has 0 aliphatic heterocycles. The number of aromatic nitrogens is 3. The van der Waals surface area contributed by atoms with E-state index in [0.717, 1.165) is 30.6 Å². The predicted octanol–water partition coefficient (Wildman–Crippen LogP) is 4.77. The Morgan fingerprint density at radius 1 is 0.750 bits per heavy atom. The molecule has 3 heterocycles. The first kappa shape index (κ1) is 79.3. The van der Waals surface area contributed by atoms with Gasteiger partial charge < -0.3 is 64.7 Å². The van der Waals surface area contributed by atoms with Crippen LogP contribution in [0, 0.1) is 26.7 Å². The van der Waals surface area contributed by atoms with E-state index in [4.69, 9.17) is 27.6 Å². The normalized spacial score (nSPS) is 9.05. The van der Waals surface area contributed by atoms with Gasteiger partial charge in [-0.15, -0.1) is 22.7 Å². The summed E-state index contributed by atoms with van der Waals surface area (Å²) in [6.07, 6.45) is 0.688. The summed E-state index contributed by atoms with van der Waals surface area (Å²) in [5.41, 5.74) is 25.6. The van der Waals surface area contributed by atoms with E-state index >= 15 is 0 Å². The molecule has 0 radical (unpaired) electrons. The maximum Gasteiger partial charge on any atom is 1.00 e. The second kappa shape index (κ2) is 44.7. The first-order valence-electron chi connectivity index (χ1n) is 21.4. The molecule has 9 N–H and O–H groups in total. The average molecular weight is 1360 g/mol. The fraction of sp³-hybridized carbons (Fsp3) is 0.184. The topological polar surface area (TPSA) is 368 Å². The number of thiazole rings is 3. The van der Waals surface area contributed by atoms with Gasteiger partial charge in [-0.05, 0) is 90.9 Å². The zero-order valence-electron chi connectivity index (χ0n) is 44.1. The number of nitrogens with two attached hydrogens (primary N) is 3. The molecule has 0 aliphatic carbocycles. The van der Waals surface area contributed by atoms with E-state index in [1.54, 1.807) is 102 Å². The third kappa shape index (κ3) is 29.2. The second-order valence-electron chi connectivity index (χ2n) is 14.5. The SMILES string of the molecule is BrBr.CC(C)CC[N+](=O)[O-].COC(=O)c1cccc(N)c1.COC(=O)c1cccc(NC(N)=S)c1.COC(=O)c1cccc2nc(N)sc12.COC(=O)c1cccc2ncsc12.N#C[S-].O=C(O)c1cccc2ncsc12.[K+].[Na+].[OH-]. The molecule has 0 amide bonds. The monoisotopic (exact) mass is 1350 g/mol. The van der Waals surface area contributed by atoms with Crippen LogP contribution in [-0.2, 0) is 31.6 Å².